The summed E-state index contributed by atoms with van der Waals surface area (Å²) >= 11 is 0. The summed E-state index contributed by atoms with van der Waals surface area (Å²) < 4.78 is 7.29. The fraction of sp³-hybridized carbons (Fsp3) is 0.263. The molecule has 0 aliphatic carbocycles. The minimum absolute atomic E-state index is 0.0311. The Morgan fingerprint density at radius 2 is 2.12 bits per heavy atom. The van der Waals surface area contributed by atoms with Crippen molar-refractivity contribution in [3.05, 3.63) is 54.4 Å². The number of aromatic nitrogens is 2. The first-order valence-electron chi connectivity index (χ1n) is 8.14. The monoisotopic (exact) mass is 321 g/mol. The number of imidazole rings is 1. The van der Waals surface area contributed by atoms with E-state index in [1.54, 1.807) is 0 Å². The fourth-order valence-corrected chi connectivity index (χ4v) is 3.00. The van der Waals surface area contributed by atoms with Crippen LogP contribution >= 0.6 is 0 Å². The maximum Gasteiger partial charge on any atom is 0.229 e. The highest BCUT2D eigenvalue weighted by molar-refractivity contribution is 5.93. The van der Waals surface area contributed by atoms with E-state index in [4.69, 9.17) is 9.72 Å². The van der Waals surface area contributed by atoms with Crippen molar-refractivity contribution in [2.45, 2.75) is 13.3 Å². The summed E-state index contributed by atoms with van der Waals surface area (Å²) in [6.45, 7) is 3.24. The number of hydrogen-bond acceptors (Lipinski definition) is 3. The van der Waals surface area contributed by atoms with Gasteiger partial charge >= 0.3 is 0 Å². The Kier molecular flexibility index (Phi) is 3.78. The van der Waals surface area contributed by atoms with E-state index < -0.39 is 0 Å². The van der Waals surface area contributed by atoms with Crippen LogP contribution in [0.25, 0.3) is 16.9 Å². The fourth-order valence-electron chi connectivity index (χ4n) is 3.00. The van der Waals surface area contributed by atoms with Gasteiger partial charge in [-0.1, -0.05) is 18.2 Å². The molecule has 0 saturated carbocycles. The second kappa shape index (κ2) is 6.09. The van der Waals surface area contributed by atoms with Gasteiger partial charge in [0, 0.05) is 30.3 Å². The van der Waals surface area contributed by atoms with Crippen LogP contribution in [0.4, 0.5) is 5.69 Å². The largest absolute Gasteiger partial charge is 0.381 e. The number of hydrogen-bond donors (Lipinski definition) is 1. The van der Waals surface area contributed by atoms with E-state index in [0.717, 1.165) is 34.6 Å². The number of amides is 1. The van der Waals surface area contributed by atoms with Gasteiger partial charge in [0.1, 0.15) is 5.65 Å². The molecule has 0 bridgehead atoms. The van der Waals surface area contributed by atoms with Gasteiger partial charge in [-0.05, 0) is 37.1 Å². The van der Waals surface area contributed by atoms with Gasteiger partial charge in [-0.2, -0.15) is 0 Å². The van der Waals surface area contributed by atoms with Crippen molar-refractivity contribution in [1.82, 2.24) is 9.38 Å². The number of pyridine rings is 1. The normalized spacial score (nSPS) is 17.3. The van der Waals surface area contributed by atoms with E-state index in [1.807, 2.05) is 47.1 Å². The van der Waals surface area contributed by atoms with Crippen LogP contribution in [0.15, 0.2) is 48.8 Å². The summed E-state index contributed by atoms with van der Waals surface area (Å²) in [6.07, 6.45) is 4.81. The zero-order valence-electron chi connectivity index (χ0n) is 13.5. The summed E-state index contributed by atoms with van der Waals surface area (Å²) in [5.41, 5.74) is 4.86. The maximum atomic E-state index is 12.1. The summed E-state index contributed by atoms with van der Waals surface area (Å²) in [4.78, 5) is 16.8. The number of anilines is 1. The third-order valence-corrected chi connectivity index (χ3v) is 4.43. The van der Waals surface area contributed by atoms with Crippen molar-refractivity contribution in [2.24, 2.45) is 5.92 Å². The number of ether oxygens (including phenoxy) is 1. The van der Waals surface area contributed by atoms with Crippen molar-refractivity contribution in [3.63, 3.8) is 0 Å². The van der Waals surface area contributed by atoms with Gasteiger partial charge in [0.15, 0.2) is 0 Å². The Bertz CT molecular complexity index is 877. The van der Waals surface area contributed by atoms with Gasteiger partial charge < -0.3 is 14.5 Å². The standard InChI is InChI=1S/C19H19N3O2/c1-13-3-2-9-22-11-17(21-18(13)22)14-4-6-16(7-5-14)20-19(23)15-8-10-24-12-15/h2-7,9,11,15H,8,10,12H2,1H3,(H,20,23)/t15-/m0/s1. The number of nitrogens with zero attached hydrogens (tertiary/aromatic N) is 2. The van der Waals surface area contributed by atoms with Crippen LogP contribution in [0.2, 0.25) is 0 Å². The lowest BCUT2D eigenvalue weighted by Crippen LogP contribution is -2.22. The third-order valence-electron chi connectivity index (χ3n) is 4.43. The zero-order valence-corrected chi connectivity index (χ0v) is 13.5. The van der Waals surface area contributed by atoms with E-state index in [9.17, 15) is 4.79 Å². The van der Waals surface area contributed by atoms with Crippen LogP contribution in [0.3, 0.4) is 0 Å². The third kappa shape index (κ3) is 2.78. The predicted molar refractivity (Wildman–Crippen MR) is 92.9 cm³/mol. The summed E-state index contributed by atoms with van der Waals surface area (Å²) in [7, 11) is 0. The molecule has 1 amide bonds. The van der Waals surface area contributed by atoms with Gasteiger partial charge in [-0.15, -0.1) is 0 Å². The molecule has 1 saturated heterocycles. The summed E-state index contributed by atoms with van der Waals surface area (Å²) in [5, 5.41) is 2.95. The average Bonchev–Trinajstić information content (AvgIpc) is 3.26. The van der Waals surface area contributed by atoms with Crippen molar-refractivity contribution < 1.29 is 9.53 Å². The van der Waals surface area contributed by atoms with E-state index in [1.165, 1.54) is 0 Å². The van der Waals surface area contributed by atoms with Gasteiger partial charge in [-0.25, -0.2) is 4.98 Å². The molecular weight excluding hydrogens is 302 g/mol. The Balaban J connectivity index is 1.54. The van der Waals surface area contributed by atoms with E-state index in [-0.39, 0.29) is 11.8 Å². The molecule has 3 aromatic rings. The van der Waals surface area contributed by atoms with Crippen molar-refractivity contribution in [3.8, 4) is 11.3 Å². The van der Waals surface area contributed by atoms with E-state index >= 15 is 0 Å². The lowest BCUT2D eigenvalue weighted by Gasteiger charge is -2.09. The second-order valence-corrected chi connectivity index (χ2v) is 6.18. The topological polar surface area (TPSA) is 55.6 Å². The van der Waals surface area contributed by atoms with E-state index in [0.29, 0.717) is 13.2 Å². The number of benzene rings is 1. The molecule has 1 N–H and O–H groups in total. The Hall–Kier alpha value is -2.66. The molecule has 0 spiro atoms. The molecule has 1 aliphatic rings. The molecule has 4 rings (SSSR count). The van der Waals surface area contributed by atoms with Crippen LogP contribution in [0.1, 0.15) is 12.0 Å². The second-order valence-electron chi connectivity index (χ2n) is 6.18. The smallest absolute Gasteiger partial charge is 0.229 e. The first-order chi connectivity index (χ1) is 11.7. The van der Waals surface area contributed by atoms with Crippen LogP contribution in [-0.2, 0) is 9.53 Å². The van der Waals surface area contributed by atoms with Gasteiger partial charge in [0.05, 0.1) is 18.2 Å². The molecule has 0 unspecified atom stereocenters. The lowest BCUT2D eigenvalue weighted by atomic mass is 10.1. The molecule has 2 aromatic heterocycles. The molecule has 122 valence electrons. The quantitative estimate of drug-likeness (QED) is 0.805. The number of fused-ring (bicyclic) bond motifs is 1. The number of carbonyl (C=O) groups is 1. The molecule has 0 radical (unpaired) electrons. The van der Waals surface area contributed by atoms with Crippen LogP contribution < -0.4 is 5.32 Å². The van der Waals surface area contributed by atoms with E-state index in [2.05, 4.69) is 18.3 Å². The van der Waals surface area contributed by atoms with Crippen molar-refractivity contribution in [1.29, 1.82) is 0 Å². The number of carbonyl (C=O) groups excluding carboxylic acids is 1. The molecule has 1 aromatic carbocycles. The number of aryl methyl sites for hydroxylation is 1. The van der Waals surface area contributed by atoms with Gasteiger partial charge in [0.25, 0.3) is 0 Å². The van der Waals surface area contributed by atoms with Gasteiger partial charge in [0.2, 0.25) is 5.91 Å². The van der Waals surface area contributed by atoms with Gasteiger partial charge in [-0.3, -0.25) is 4.79 Å². The predicted octanol–water partition coefficient (Wildman–Crippen LogP) is 3.28. The van der Waals surface area contributed by atoms with Crippen LogP contribution in [0, 0.1) is 12.8 Å². The highest BCUT2D eigenvalue weighted by atomic mass is 16.5. The summed E-state index contributed by atoms with van der Waals surface area (Å²) in [5.74, 6) is -0.00491. The van der Waals surface area contributed by atoms with Crippen molar-refractivity contribution in [2.75, 3.05) is 18.5 Å². The molecule has 5 heteroatoms. The highest BCUT2D eigenvalue weighted by Crippen LogP contribution is 2.23. The molecule has 5 nitrogen and oxygen atoms in total. The zero-order chi connectivity index (χ0) is 16.5. The maximum absolute atomic E-state index is 12.1. The molecule has 1 aliphatic heterocycles. The highest BCUT2D eigenvalue weighted by Gasteiger charge is 2.23. The molecule has 3 heterocycles. The first-order valence-corrected chi connectivity index (χ1v) is 8.14. The summed E-state index contributed by atoms with van der Waals surface area (Å²) in [6, 6.07) is 11.9. The Morgan fingerprint density at radius 1 is 1.29 bits per heavy atom. The SMILES string of the molecule is Cc1cccn2cc(-c3ccc(NC(=O)[C@H]4CCOC4)cc3)nc12. The minimum Gasteiger partial charge on any atom is -0.381 e. The number of rotatable bonds is 3. The van der Waals surface area contributed by atoms with Crippen LogP contribution in [-0.4, -0.2) is 28.5 Å². The molecule has 1 fully saturated rings. The molecular formula is C19H19N3O2. The Labute approximate surface area is 140 Å². The average molecular weight is 321 g/mol. The first kappa shape index (κ1) is 14.9. The molecule has 24 heavy (non-hydrogen) atoms. The number of nitrogens with one attached hydrogen (secondary N) is 1. The minimum atomic E-state index is -0.0360. The van der Waals surface area contributed by atoms with Crippen molar-refractivity contribution >= 4 is 17.2 Å². The Morgan fingerprint density at radius 3 is 2.83 bits per heavy atom. The molecule has 1 atom stereocenters. The van der Waals surface area contributed by atoms with Crippen LogP contribution in [0.5, 0.6) is 0 Å². The lowest BCUT2D eigenvalue weighted by molar-refractivity contribution is -0.119.